The highest BCUT2D eigenvalue weighted by atomic mass is 32.2. The number of hydrogen-bond donors (Lipinski definition) is 2. The van der Waals surface area contributed by atoms with E-state index in [9.17, 15) is 18.0 Å². The minimum Gasteiger partial charge on any atom is -0.461 e. The minimum absolute atomic E-state index is 0.0338. The third kappa shape index (κ3) is 6.84. The lowest BCUT2D eigenvalue weighted by atomic mass is 9.99. The van der Waals surface area contributed by atoms with E-state index < -0.39 is 28.1 Å². The average Bonchev–Trinajstić information content (AvgIpc) is 3.40. The Hall–Kier alpha value is -4.81. The maximum Gasteiger partial charge on any atom is 0.293 e. The molecule has 0 unspecified atom stereocenters. The van der Waals surface area contributed by atoms with Crippen molar-refractivity contribution in [2.24, 2.45) is 0 Å². The van der Waals surface area contributed by atoms with E-state index in [1.807, 2.05) is 79.2 Å². The predicted octanol–water partition coefficient (Wildman–Crippen LogP) is 3.91. The molecule has 2 aromatic heterocycles. The van der Waals surface area contributed by atoms with Gasteiger partial charge in [-0.2, -0.15) is 0 Å². The summed E-state index contributed by atoms with van der Waals surface area (Å²) in [5.41, 5.74) is 6.99. The van der Waals surface area contributed by atoms with E-state index in [1.165, 1.54) is 11.4 Å². The largest absolute Gasteiger partial charge is 0.461 e. The van der Waals surface area contributed by atoms with Gasteiger partial charge in [-0.3, -0.25) is 18.9 Å². The molecular weight excluding hydrogens is 616 g/mol. The molecule has 1 amide bonds. The number of nitrogens with zero attached hydrogens (tertiary/aromatic N) is 4. The van der Waals surface area contributed by atoms with Crippen LogP contribution in [-0.2, 0) is 45.5 Å². The van der Waals surface area contributed by atoms with Crippen molar-refractivity contribution in [2.75, 3.05) is 23.7 Å². The highest BCUT2D eigenvalue weighted by Crippen LogP contribution is 2.35. The highest BCUT2D eigenvalue weighted by Gasteiger charge is 2.30. The molecule has 6 rings (SSSR count). The third-order valence-corrected chi connectivity index (χ3v) is 10.4. The van der Waals surface area contributed by atoms with Gasteiger partial charge in [0.25, 0.3) is 12.4 Å². The molecule has 1 aliphatic rings. The highest BCUT2D eigenvalue weighted by molar-refractivity contribution is 7.92. The van der Waals surface area contributed by atoms with E-state index >= 15 is 0 Å². The molecule has 11 nitrogen and oxygen atoms in total. The Morgan fingerprint density at radius 2 is 1.91 bits per heavy atom. The Morgan fingerprint density at radius 3 is 2.68 bits per heavy atom. The van der Waals surface area contributed by atoms with Crippen molar-refractivity contribution >= 4 is 50.0 Å². The van der Waals surface area contributed by atoms with Gasteiger partial charge in [0.15, 0.2) is 0 Å². The van der Waals surface area contributed by atoms with E-state index in [4.69, 9.17) is 9.72 Å². The fourth-order valence-corrected chi connectivity index (χ4v) is 7.30. The molecule has 0 bridgehead atoms. The number of anilines is 1. The molecular formula is C35H38N6O5S. The number of fused-ring (bicyclic) bond motifs is 1. The first-order chi connectivity index (χ1) is 22.7. The lowest BCUT2D eigenvalue weighted by Crippen LogP contribution is -2.50. The smallest absolute Gasteiger partial charge is 0.293 e. The number of benzene rings is 3. The first kappa shape index (κ1) is 32.1. The van der Waals surface area contributed by atoms with Crippen molar-refractivity contribution in [1.29, 1.82) is 0 Å². The third-order valence-electron chi connectivity index (χ3n) is 8.72. The number of carbonyl (C=O) groups is 2. The van der Waals surface area contributed by atoms with Gasteiger partial charge >= 0.3 is 0 Å². The fourth-order valence-electron chi connectivity index (χ4n) is 6.16. The predicted molar refractivity (Wildman–Crippen MR) is 182 cm³/mol. The first-order valence-electron chi connectivity index (χ1n) is 15.7. The van der Waals surface area contributed by atoms with Crippen molar-refractivity contribution in [3.63, 3.8) is 0 Å². The van der Waals surface area contributed by atoms with Crippen molar-refractivity contribution < 1.29 is 22.7 Å². The number of rotatable bonds is 12. The van der Waals surface area contributed by atoms with E-state index in [0.717, 1.165) is 50.7 Å². The van der Waals surface area contributed by atoms with Crippen LogP contribution in [0.15, 0.2) is 73.1 Å². The van der Waals surface area contributed by atoms with E-state index in [-0.39, 0.29) is 12.3 Å². The summed E-state index contributed by atoms with van der Waals surface area (Å²) in [7, 11) is -2.05. The lowest BCUT2D eigenvalue weighted by molar-refractivity contribution is -0.134. The molecule has 2 N–H and O–H groups in total. The number of amides is 1. The molecule has 0 radical (unpaired) electrons. The molecule has 1 aliphatic heterocycles. The quantitative estimate of drug-likeness (QED) is 0.194. The SMILES string of the molecule is CCc1cn2c3c(cc(C(=O)N[C@@H](Cc4ccccc4)[C@@H](CNCc4cnc5cc(C)ccc5n4)OC=O)cc13)N(C)S(=O)(=O)CC2. The van der Waals surface area contributed by atoms with Gasteiger partial charge in [0.05, 0.1) is 45.9 Å². The Morgan fingerprint density at radius 1 is 1.11 bits per heavy atom. The Labute approximate surface area is 274 Å². The van der Waals surface area contributed by atoms with Crippen LogP contribution in [0.2, 0.25) is 0 Å². The van der Waals surface area contributed by atoms with Gasteiger partial charge in [0.2, 0.25) is 10.0 Å². The second kappa shape index (κ2) is 13.5. The van der Waals surface area contributed by atoms with Gasteiger partial charge in [-0.25, -0.2) is 13.4 Å². The average molecular weight is 655 g/mol. The number of carbonyl (C=O) groups excluding carboxylic acids is 2. The number of sulfonamides is 1. The Kier molecular flexibility index (Phi) is 9.24. The Bertz CT molecular complexity index is 2050. The van der Waals surface area contributed by atoms with Gasteiger partial charge < -0.3 is 19.9 Å². The van der Waals surface area contributed by atoms with Gasteiger partial charge in [0, 0.05) is 43.8 Å². The van der Waals surface area contributed by atoms with Crippen LogP contribution in [0.25, 0.3) is 21.9 Å². The monoisotopic (exact) mass is 654 g/mol. The molecule has 0 fully saturated rings. The second-order valence-electron chi connectivity index (χ2n) is 11.9. The standard InChI is InChI=1S/C35H38N6O5S/c1-4-25-21-41-12-13-47(44,45)40(3)32-17-26(16-28(25)34(32)41)35(43)39-31(15-24-8-6-5-7-9-24)33(46-22-42)20-36-18-27-19-37-30-14-23(2)10-11-29(30)38-27/h5-11,14,16-17,19,21-22,31,33,36H,4,12-13,15,18,20H2,1-3H3,(H,39,43)/t31-,33+/m0/s1. The fraction of sp³-hybridized carbons (Fsp3) is 0.314. The molecule has 12 heteroatoms. The molecule has 2 atom stereocenters. The summed E-state index contributed by atoms with van der Waals surface area (Å²) in [6, 6.07) is 18.4. The summed E-state index contributed by atoms with van der Waals surface area (Å²) in [5, 5.41) is 7.27. The van der Waals surface area contributed by atoms with Crippen molar-refractivity contribution in [2.45, 2.75) is 51.9 Å². The molecule has 0 saturated carbocycles. The topological polar surface area (TPSA) is 136 Å². The molecule has 244 valence electrons. The van der Waals surface area contributed by atoms with Gasteiger partial charge in [-0.15, -0.1) is 0 Å². The van der Waals surface area contributed by atoms with Gasteiger partial charge in [-0.05, 0) is 60.7 Å². The Balaban J connectivity index is 1.28. The minimum atomic E-state index is -3.57. The van der Waals surface area contributed by atoms with E-state index in [1.54, 1.807) is 12.3 Å². The summed E-state index contributed by atoms with van der Waals surface area (Å²) in [4.78, 5) is 35.0. The number of hydrogen-bond acceptors (Lipinski definition) is 8. The van der Waals surface area contributed by atoms with Crippen molar-refractivity contribution in [3.05, 3.63) is 101 Å². The maximum atomic E-state index is 14.0. The molecule has 47 heavy (non-hydrogen) atoms. The van der Waals surface area contributed by atoms with E-state index in [0.29, 0.717) is 37.2 Å². The summed E-state index contributed by atoms with van der Waals surface area (Å²) in [6.07, 6.45) is 4.08. The van der Waals surface area contributed by atoms with Crippen molar-refractivity contribution in [3.8, 4) is 0 Å². The zero-order valence-electron chi connectivity index (χ0n) is 26.6. The molecule has 0 spiro atoms. The van der Waals surface area contributed by atoms with Crippen LogP contribution < -0.4 is 14.9 Å². The zero-order valence-corrected chi connectivity index (χ0v) is 27.5. The van der Waals surface area contributed by atoms with Crippen LogP contribution in [0.1, 0.15) is 39.7 Å². The zero-order chi connectivity index (χ0) is 33.1. The number of ether oxygens (including phenoxy) is 1. The molecule has 3 aromatic carbocycles. The number of nitrogens with one attached hydrogen (secondary N) is 2. The summed E-state index contributed by atoms with van der Waals surface area (Å²) >= 11 is 0. The van der Waals surface area contributed by atoms with Crippen LogP contribution in [0.4, 0.5) is 5.69 Å². The van der Waals surface area contributed by atoms with Crippen molar-refractivity contribution in [1.82, 2.24) is 25.2 Å². The molecule has 0 aliphatic carbocycles. The normalized spacial score (nSPS) is 15.3. The van der Waals surface area contributed by atoms with Crippen LogP contribution in [0, 0.1) is 6.92 Å². The second-order valence-corrected chi connectivity index (χ2v) is 14.0. The van der Waals surface area contributed by atoms with Gasteiger partial charge in [-0.1, -0.05) is 43.3 Å². The van der Waals surface area contributed by atoms with Crippen LogP contribution >= 0.6 is 0 Å². The van der Waals surface area contributed by atoms with Gasteiger partial charge in [0.1, 0.15) is 6.10 Å². The summed E-state index contributed by atoms with van der Waals surface area (Å²) in [5.74, 6) is -0.433. The number of aryl methyl sites for hydroxylation is 3. The van der Waals surface area contributed by atoms with Crippen LogP contribution in [0.3, 0.4) is 0 Å². The summed E-state index contributed by atoms with van der Waals surface area (Å²) in [6.45, 7) is 5.38. The van der Waals surface area contributed by atoms with Crippen LogP contribution in [0.5, 0.6) is 0 Å². The molecule has 3 heterocycles. The lowest BCUT2D eigenvalue weighted by Gasteiger charge is -2.27. The maximum absolute atomic E-state index is 14.0. The number of aromatic nitrogens is 3. The summed E-state index contributed by atoms with van der Waals surface area (Å²) < 4.78 is 34.8. The molecule has 5 aromatic rings. The molecule has 0 saturated heterocycles. The first-order valence-corrected chi connectivity index (χ1v) is 17.3. The van der Waals surface area contributed by atoms with E-state index in [2.05, 4.69) is 15.6 Å². The van der Waals surface area contributed by atoms with Crippen LogP contribution in [-0.4, -0.2) is 66.8 Å².